The number of amides is 1. The summed E-state index contributed by atoms with van der Waals surface area (Å²) >= 11 is 0. The van der Waals surface area contributed by atoms with Gasteiger partial charge in [0.15, 0.2) is 26.2 Å². The van der Waals surface area contributed by atoms with Crippen LogP contribution in [0.3, 0.4) is 0 Å². The Labute approximate surface area is 151 Å². The fourth-order valence-corrected chi connectivity index (χ4v) is 5.00. The molecule has 2 saturated heterocycles. The second kappa shape index (κ2) is 7.21. The van der Waals surface area contributed by atoms with Gasteiger partial charge >= 0.3 is 0 Å². The first kappa shape index (κ1) is 19.2. The van der Waals surface area contributed by atoms with Crippen molar-refractivity contribution < 1.29 is 26.7 Å². The average molecular weight is 388 g/mol. The normalized spacial score (nSPS) is 23.7. The van der Waals surface area contributed by atoms with Crippen molar-refractivity contribution in [3.63, 3.8) is 0 Å². The average Bonchev–Trinajstić information content (AvgIpc) is 2.63. The minimum Gasteiger partial charge on any atom is -0.370 e. The number of ether oxygens (including phenoxy) is 1. The SMILES string of the molecule is CS(=O)(=O)C1(C(=O)N2CCOC(c3ccc(F)c(F)c3)C2)CCNCC1. The summed E-state index contributed by atoms with van der Waals surface area (Å²) < 4.78 is 55.7. The van der Waals surface area contributed by atoms with Gasteiger partial charge < -0.3 is 15.0 Å². The van der Waals surface area contributed by atoms with Crippen LogP contribution in [0.4, 0.5) is 8.78 Å². The van der Waals surface area contributed by atoms with Gasteiger partial charge in [-0.25, -0.2) is 17.2 Å². The van der Waals surface area contributed by atoms with Crippen molar-refractivity contribution >= 4 is 15.7 Å². The molecule has 1 aromatic carbocycles. The van der Waals surface area contributed by atoms with E-state index in [9.17, 15) is 22.0 Å². The topological polar surface area (TPSA) is 75.7 Å². The molecule has 1 aromatic rings. The van der Waals surface area contributed by atoms with Crippen molar-refractivity contribution in [1.82, 2.24) is 10.2 Å². The molecule has 0 spiro atoms. The van der Waals surface area contributed by atoms with Crippen LogP contribution in [0.1, 0.15) is 24.5 Å². The van der Waals surface area contributed by atoms with Crippen molar-refractivity contribution in [2.45, 2.75) is 23.7 Å². The fourth-order valence-electron chi connectivity index (χ4n) is 3.61. The van der Waals surface area contributed by atoms with E-state index in [1.807, 2.05) is 0 Å². The van der Waals surface area contributed by atoms with Crippen LogP contribution >= 0.6 is 0 Å². The number of sulfone groups is 1. The van der Waals surface area contributed by atoms with Crippen molar-refractivity contribution in [1.29, 1.82) is 0 Å². The Hall–Kier alpha value is -1.58. The van der Waals surface area contributed by atoms with Crippen molar-refractivity contribution in [2.24, 2.45) is 0 Å². The van der Waals surface area contributed by atoms with Gasteiger partial charge in [-0.05, 0) is 43.6 Å². The third-order valence-corrected chi connectivity index (χ3v) is 7.18. The number of morpholine rings is 1. The summed E-state index contributed by atoms with van der Waals surface area (Å²) in [5.74, 6) is -2.37. The van der Waals surface area contributed by atoms with Crippen molar-refractivity contribution in [2.75, 3.05) is 39.0 Å². The first-order valence-electron chi connectivity index (χ1n) is 8.51. The highest BCUT2D eigenvalue weighted by Gasteiger charge is 2.51. The molecule has 144 valence electrons. The standard InChI is InChI=1S/C17H22F2N2O4S/c1-26(23,24)17(4-6-20-7-5-17)16(22)21-8-9-25-15(11-21)12-2-3-13(18)14(19)10-12/h2-3,10,15,20H,4-9,11H2,1H3. The lowest BCUT2D eigenvalue weighted by atomic mass is 9.94. The molecule has 1 N–H and O–H groups in total. The molecular formula is C17H22F2N2O4S. The fraction of sp³-hybridized carbons (Fsp3) is 0.588. The van der Waals surface area contributed by atoms with Gasteiger partial charge in [-0.15, -0.1) is 0 Å². The molecule has 1 atom stereocenters. The molecular weight excluding hydrogens is 366 g/mol. The van der Waals surface area contributed by atoms with Crippen LogP contribution in [0.15, 0.2) is 18.2 Å². The van der Waals surface area contributed by atoms with Crippen LogP contribution in [0.5, 0.6) is 0 Å². The van der Waals surface area contributed by atoms with Gasteiger partial charge in [0.25, 0.3) is 0 Å². The summed E-state index contributed by atoms with van der Waals surface area (Å²) in [6, 6.07) is 3.47. The number of carbonyl (C=O) groups excluding carboxylic acids is 1. The Morgan fingerprint density at radius 3 is 2.58 bits per heavy atom. The summed E-state index contributed by atoms with van der Waals surface area (Å²) in [7, 11) is -3.61. The van der Waals surface area contributed by atoms with Gasteiger partial charge in [0, 0.05) is 12.8 Å². The Kier molecular flexibility index (Phi) is 5.32. The molecule has 1 unspecified atom stereocenters. The second-order valence-corrected chi connectivity index (χ2v) is 9.13. The Balaban J connectivity index is 1.84. The minimum atomic E-state index is -3.61. The van der Waals surface area contributed by atoms with Crippen LogP contribution in [0, 0.1) is 11.6 Å². The van der Waals surface area contributed by atoms with Gasteiger partial charge in [-0.3, -0.25) is 4.79 Å². The van der Waals surface area contributed by atoms with Crippen molar-refractivity contribution in [3.8, 4) is 0 Å². The number of halogens is 2. The first-order chi connectivity index (χ1) is 12.2. The minimum absolute atomic E-state index is 0.106. The number of hydrogen-bond acceptors (Lipinski definition) is 5. The maximum absolute atomic E-state index is 13.5. The predicted octanol–water partition coefficient (Wildman–Crippen LogP) is 1.03. The van der Waals surface area contributed by atoms with E-state index < -0.39 is 38.2 Å². The highest BCUT2D eigenvalue weighted by molar-refractivity contribution is 7.92. The predicted molar refractivity (Wildman–Crippen MR) is 91.3 cm³/mol. The van der Waals surface area contributed by atoms with Crippen LogP contribution < -0.4 is 5.32 Å². The van der Waals surface area contributed by atoms with E-state index >= 15 is 0 Å². The van der Waals surface area contributed by atoms with Gasteiger partial charge in [0.1, 0.15) is 6.10 Å². The van der Waals surface area contributed by atoms with Crippen LogP contribution in [0.25, 0.3) is 0 Å². The zero-order chi connectivity index (χ0) is 18.9. The van der Waals surface area contributed by atoms with E-state index in [0.717, 1.165) is 18.4 Å². The molecule has 3 rings (SSSR count). The molecule has 9 heteroatoms. The van der Waals surface area contributed by atoms with E-state index in [4.69, 9.17) is 4.74 Å². The van der Waals surface area contributed by atoms with E-state index in [2.05, 4.69) is 5.32 Å². The van der Waals surface area contributed by atoms with Crippen molar-refractivity contribution in [3.05, 3.63) is 35.4 Å². The number of carbonyl (C=O) groups is 1. The second-order valence-electron chi connectivity index (χ2n) is 6.80. The zero-order valence-electron chi connectivity index (χ0n) is 14.5. The zero-order valence-corrected chi connectivity index (χ0v) is 15.3. The van der Waals surface area contributed by atoms with E-state index in [0.29, 0.717) is 18.7 Å². The highest BCUT2D eigenvalue weighted by Crippen LogP contribution is 2.32. The molecule has 2 heterocycles. The van der Waals surface area contributed by atoms with Gasteiger partial charge in [-0.2, -0.15) is 0 Å². The molecule has 6 nitrogen and oxygen atoms in total. The largest absolute Gasteiger partial charge is 0.370 e. The smallest absolute Gasteiger partial charge is 0.244 e. The van der Waals surface area contributed by atoms with Crippen LogP contribution in [0.2, 0.25) is 0 Å². The number of rotatable bonds is 3. The molecule has 0 saturated carbocycles. The number of nitrogens with zero attached hydrogens (tertiary/aromatic N) is 1. The monoisotopic (exact) mass is 388 g/mol. The Morgan fingerprint density at radius 2 is 1.96 bits per heavy atom. The molecule has 26 heavy (non-hydrogen) atoms. The summed E-state index contributed by atoms with van der Waals surface area (Å²) in [4.78, 5) is 14.6. The summed E-state index contributed by atoms with van der Waals surface area (Å²) in [6.45, 7) is 1.48. The van der Waals surface area contributed by atoms with E-state index in [1.165, 1.54) is 11.0 Å². The molecule has 0 radical (unpaired) electrons. The lowest BCUT2D eigenvalue weighted by molar-refractivity contribution is -0.142. The van der Waals surface area contributed by atoms with Gasteiger partial charge in [0.05, 0.1) is 13.2 Å². The lowest BCUT2D eigenvalue weighted by Crippen LogP contribution is -2.60. The molecule has 0 aliphatic carbocycles. The number of hydrogen-bond donors (Lipinski definition) is 1. The molecule has 2 aliphatic rings. The van der Waals surface area contributed by atoms with Crippen LogP contribution in [-0.2, 0) is 19.4 Å². The summed E-state index contributed by atoms with van der Waals surface area (Å²) in [5.41, 5.74) is 0.417. The first-order valence-corrected chi connectivity index (χ1v) is 10.4. The van der Waals surface area contributed by atoms with Gasteiger partial charge in [0.2, 0.25) is 5.91 Å². The molecule has 0 bridgehead atoms. The maximum Gasteiger partial charge on any atom is 0.244 e. The molecule has 2 fully saturated rings. The maximum atomic E-state index is 13.5. The summed E-state index contributed by atoms with van der Waals surface area (Å²) in [6.07, 6.45) is 0.917. The lowest BCUT2D eigenvalue weighted by Gasteiger charge is -2.41. The van der Waals surface area contributed by atoms with Gasteiger partial charge in [-0.1, -0.05) is 6.07 Å². The van der Waals surface area contributed by atoms with E-state index in [-0.39, 0.29) is 32.5 Å². The molecule has 0 aromatic heterocycles. The number of piperidine rings is 1. The highest BCUT2D eigenvalue weighted by atomic mass is 32.2. The Bertz CT molecular complexity index is 794. The molecule has 2 aliphatic heterocycles. The third kappa shape index (κ3) is 3.47. The van der Waals surface area contributed by atoms with E-state index in [1.54, 1.807) is 0 Å². The third-order valence-electron chi connectivity index (χ3n) is 5.18. The van der Waals surface area contributed by atoms with Crippen LogP contribution in [-0.4, -0.2) is 63.0 Å². The summed E-state index contributed by atoms with van der Waals surface area (Å²) in [5, 5.41) is 3.08. The number of nitrogens with one attached hydrogen (secondary N) is 1. The number of benzene rings is 1. The quantitative estimate of drug-likeness (QED) is 0.837. The molecule has 1 amide bonds. The Morgan fingerprint density at radius 1 is 1.27 bits per heavy atom.